The van der Waals surface area contributed by atoms with E-state index < -0.39 is 5.97 Å². The predicted molar refractivity (Wildman–Crippen MR) is 80.5 cm³/mol. The third-order valence-corrected chi connectivity index (χ3v) is 3.77. The Balaban J connectivity index is 2.11. The fourth-order valence-corrected chi connectivity index (χ4v) is 2.54. The fraction of sp³-hybridized carbons (Fsp3) is 0.267. The second-order valence-electron chi connectivity index (χ2n) is 4.56. The molecular formula is C15H16N2O3S. The molecule has 0 aliphatic heterocycles. The maximum absolute atomic E-state index is 12.2. The number of benzene rings is 1. The van der Waals surface area contributed by atoms with Gasteiger partial charge in [0.25, 0.3) is 5.91 Å². The first-order valence-electron chi connectivity index (χ1n) is 6.42. The van der Waals surface area contributed by atoms with Gasteiger partial charge < -0.3 is 10.1 Å². The summed E-state index contributed by atoms with van der Waals surface area (Å²) in [6.45, 7) is 3.79. The molecule has 1 heterocycles. The lowest BCUT2D eigenvalue weighted by molar-refractivity contribution is 0.0600. The third-order valence-electron chi connectivity index (χ3n) is 2.97. The van der Waals surface area contributed by atoms with Crippen molar-refractivity contribution in [3.63, 3.8) is 0 Å². The van der Waals surface area contributed by atoms with Crippen molar-refractivity contribution in [1.82, 2.24) is 10.3 Å². The second-order valence-corrected chi connectivity index (χ2v) is 5.62. The van der Waals surface area contributed by atoms with Crippen LogP contribution in [0.2, 0.25) is 0 Å². The molecule has 0 saturated carbocycles. The summed E-state index contributed by atoms with van der Waals surface area (Å²) in [6.07, 6.45) is 0. The van der Waals surface area contributed by atoms with E-state index in [0.29, 0.717) is 11.1 Å². The van der Waals surface area contributed by atoms with Gasteiger partial charge in [-0.05, 0) is 32.0 Å². The largest absolute Gasteiger partial charge is 0.465 e. The van der Waals surface area contributed by atoms with Crippen molar-refractivity contribution in [3.8, 4) is 0 Å². The maximum Gasteiger partial charge on any atom is 0.337 e. The average molecular weight is 304 g/mol. The molecule has 0 saturated heterocycles. The lowest BCUT2D eigenvalue weighted by Gasteiger charge is -2.12. The summed E-state index contributed by atoms with van der Waals surface area (Å²) < 4.78 is 4.64. The molecule has 5 nitrogen and oxygen atoms in total. The van der Waals surface area contributed by atoms with Crippen LogP contribution in [0, 0.1) is 6.92 Å². The number of nitrogens with zero attached hydrogens (tertiary/aromatic N) is 1. The number of carbonyl (C=O) groups excluding carboxylic acids is 2. The minimum absolute atomic E-state index is 0.191. The molecule has 1 aromatic heterocycles. The Morgan fingerprint density at radius 3 is 2.67 bits per heavy atom. The molecule has 0 spiro atoms. The first-order chi connectivity index (χ1) is 10.0. The first-order valence-corrected chi connectivity index (χ1v) is 7.30. The Kier molecular flexibility index (Phi) is 4.70. The van der Waals surface area contributed by atoms with Gasteiger partial charge in [0.1, 0.15) is 0 Å². The van der Waals surface area contributed by atoms with E-state index in [1.807, 2.05) is 19.2 Å². The zero-order chi connectivity index (χ0) is 15.4. The van der Waals surface area contributed by atoms with Crippen LogP contribution < -0.4 is 5.32 Å². The van der Waals surface area contributed by atoms with E-state index in [0.717, 1.165) is 10.7 Å². The molecule has 1 N–H and O–H groups in total. The summed E-state index contributed by atoms with van der Waals surface area (Å²) in [5, 5.41) is 5.74. The van der Waals surface area contributed by atoms with Gasteiger partial charge >= 0.3 is 5.97 Å². The van der Waals surface area contributed by atoms with Crippen molar-refractivity contribution >= 4 is 23.2 Å². The van der Waals surface area contributed by atoms with E-state index in [9.17, 15) is 9.59 Å². The lowest BCUT2D eigenvalue weighted by atomic mass is 10.1. The first kappa shape index (κ1) is 15.2. The monoisotopic (exact) mass is 304 g/mol. The molecule has 110 valence electrons. The number of hydrogen-bond donors (Lipinski definition) is 1. The van der Waals surface area contributed by atoms with Gasteiger partial charge in [-0.25, -0.2) is 9.78 Å². The Labute approximate surface area is 127 Å². The average Bonchev–Trinajstić information content (AvgIpc) is 2.93. The highest BCUT2D eigenvalue weighted by Gasteiger charge is 2.15. The minimum Gasteiger partial charge on any atom is -0.465 e. The van der Waals surface area contributed by atoms with Crippen molar-refractivity contribution in [2.75, 3.05) is 7.11 Å². The number of rotatable bonds is 4. The molecule has 21 heavy (non-hydrogen) atoms. The van der Waals surface area contributed by atoms with Gasteiger partial charge in [0.2, 0.25) is 0 Å². The lowest BCUT2D eigenvalue weighted by Crippen LogP contribution is -2.27. The van der Waals surface area contributed by atoms with Crippen molar-refractivity contribution in [1.29, 1.82) is 0 Å². The van der Waals surface area contributed by atoms with Crippen LogP contribution in [-0.2, 0) is 4.74 Å². The number of nitrogens with one attached hydrogen (secondary N) is 1. The number of aromatic nitrogens is 1. The highest BCUT2D eigenvalue weighted by molar-refractivity contribution is 7.09. The summed E-state index contributed by atoms with van der Waals surface area (Å²) in [4.78, 5) is 28.0. The summed E-state index contributed by atoms with van der Waals surface area (Å²) in [5.74, 6) is -0.716. The number of methoxy groups -OCH3 is 1. The van der Waals surface area contributed by atoms with Gasteiger partial charge in [0, 0.05) is 10.9 Å². The number of carbonyl (C=O) groups is 2. The van der Waals surface area contributed by atoms with Gasteiger partial charge in [-0.2, -0.15) is 0 Å². The number of hydrogen-bond acceptors (Lipinski definition) is 5. The molecule has 0 radical (unpaired) electrons. The van der Waals surface area contributed by atoms with Crippen LogP contribution in [-0.4, -0.2) is 24.0 Å². The molecule has 0 fully saturated rings. The van der Waals surface area contributed by atoms with Crippen LogP contribution in [0.3, 0.4) is 0 Å². The fourth-order valence-electron chi connectivity index (χ4n) is 1.84. The van der Waals surface area contributed by atoms with Gasteiger partial charge in [-0.15, -0.1) is 11.3 Å². The number of thiazole rings is 1. The SMILES string of the molecule is COC(=O)c1cccc(C(=O)NC(C)c2csc(C)n2)c1. The van der Waals surface area contributed by atoms with E-state index in [1.54, 1.807) is 29.5 Å². The summed E-state index contributed by atoms with van der Waals surface area (Å²) >= 11 is 1.54. The molecule has 1 unspecified atom stereocenters. The van der Waals surface area contributed by atoms with Crippen LogP contribution in [0.1, 0.15) is 44.4 Å². The molecule has 2 rings (SSSR count). The topological polar surface area (TPSA) is 68.3 Å². The predicted octanol–water partition coefficient (Wildman–Crippen LogP) is 2.73. The minimum atomic E-state index is -0.465. The van der Waals surface area contributed by atoms with Crippen LogP contribution in [0.5, 0.6) is 0 Å². The maximum atomic E-state index is 12.2. The Bertz CT molecular complexity index is 666. The molecular weight excluding hydrogens is 288 g/mol. The van der Waals surface area contributed by atoms with Gasteiger partial charge in [-0.1, -0.05) is 6.07 Å². The van der Waals surface area contributed by atoms with E-state index in [2.05, 4.69) is 15.0 Å². The molecule has 0 bridgehead atoms. The van der Waals surface area contributed by atoms with Crippen molar-refractivity contribution in [2.45, 2.75) is 19.9 Å². The summed E-state index contributed by atoms with van der Waals surface area (Å²) in [5.41, 5.74) is 1.59. The van der Waals surface area contributed by atoms with Crippen LogP contribution >= 0.6 is 11.3 Å². The Morgan fingerprint density at radius 2 is 2.05 bits per heavy atom. The number of esters is 1. The quantitative estimate of drug-likeness (QED) is 0.882. The van der Waals surface area contributed by atoms with Gasteiger partial charge in [0.05, 0.1) is 29.4 Å². The molecule has 6 heteroatoms. The second kappa shape index (κ2) is 6.49. The third kappa shape index (κ3) is 3.66. The number of aryl methyl sites for hydroxylation is 1. The molecule has 0 aliphatic rings. The van der Waals surface area contributed by atoms with Crippen molar-refractivity contribution < 1.29 is 14.3 Å². The smallest absolute Gasteiger partial charge is 0.337 e. The van der Waals surface area contributed by atoms with Crippen LogP contribution in [0.25, 0.3) is 0 Å². The molecule has 1 aromatic carbocycles. The molecule has 1 amide bonds. The standard InChI is InChI=1S/C15H16N2O3S/c1-9(13-8-21-10(2)17-13)16-14(18)11-5-4-6-12(7-11)15(19)20-3/h4-9H,1-3H3,(H,16,18). The van der Waals surface area contributed by atoms with Crippen molar-refractivity contribution in [3.05, 3.63) is 51.5 Å². The van der Waals surface area contributed by atoms with Crippen LogP contribution in [0.15, 0.2) is 29.6 Å². The van der Waals surface area contributed by atoms with Crippen molar-refractivity contribution in [2.24, 2.45) is 0 Å². The van der Waals surface area contributed by atoms with Gasteiger partial charge in [0.15, 0.2) is 0 Å². The van der Waals surface area contributed by atoms with E-state index in [4.69, 9.17) is 0 Å². The number of amides is 1. The van der Waals surface area contributed by atoms with E-state index >= 15 is 0 Å². The van der Waals surface area contributed by atoms with E-state index in [1.165, 1.54) is 13.2 Å². The highest BCUT2D eigenvalue weighted by atomic mass is 32.1. The number of ether oxygens (including phenoxy) is 1. The summed E-state index contributed by atoms with van der Waals surface area (Å²) in [6, 6.07) is 6.24. The summed E-state index contributed by atoms with van der Waals surface area (Å²) in [7, 11) is 1.31. The Morgan fingerprint density at radius 1 is 1.33 bits per heavy atom. The Hall–Kier alpha value is -2.21. The van der Waals surface area contributed by atoms with Crippen LogP contribution in [0.4, 0.5) is 0 Å². The molecule has 2 aromatic rings. The normalized spacial score (nSPS) is 11.8. The van der Waals surface area contributed by atoms with E-state index in [-0.39, 0.29) is 11.9 Å². The van der Waals surface area contributed by atoms with Gasteiger partial charge in [-0.3, -0.25) is 4.79 Å². The molecule has 0 aliphatic carbocycles. The zero-order valence-electron chi connectivity index (χ0n) is 12.0. The molecule has 1 atom stereocenters. The highest BCUT2D eigenvalue weighted by Crippen LogP contribution is 2.16. The zero-order valence-corrected chi connectivity index (χ0v) is 12.9.